The molecule has 0 heterocycles. The minimum Gasteiger partial charge on any atom is -0.444 e. The van der Waals surface area contributed by atoms with Gasteiger partial charge >= 0.3 is 6.09 Å². The minimum absolute atomic E-state index is 0.441. The fourth-order valence-electron chi connectivity index (χ4n) is 1.34. The van der Waals surface area contributed by atoms with E-state index in [0.29, 0.717) is 6.54 Å². The first-order valence-electron chi connectivity index (χ1n) is 5.70. The van der Waals surface area contributed by atoms with Crippen LogP contribution in [0.15, 0.2) is 24.3 Å². The molecule has 0 atom stereocenters. The molecule has 1 aromatic carbocycles. The van der Waals surface area contributed by atoms with E-state index in [1.165, 1.54) is 0 Å². The van der Waals surface area contributed by atoms with Crippen LogP contribution in [0.5, 0.6) is 0 Å². The molecule has 0 aliphatic carbocycles. The van der Waals surface area contributed by atoms with Crippen LogP contribution in [0, 0.1) is 0 Å². The highest BCUT2D eigenvalue weighted by molar-refractivity contribution is 5.84. The molecule has 1 amide bonds. The molecule has 0 aromatic heterocycles. The molecule has 94 valence electrons. The number of carbonyl (C=O) groups is 1. The highest BCUT2D eigenvalue weighted by Gasteiger charge is 2.15. The summed E-state index contributed by atoms with van der Waals surface area (Å²) in [5.74, 6) is 0. The molecule has 1 aromatic rings. The van der Waals surface area contributed by atoms with E-state index < -0.39 is 11.7 Å². The molecule has 0 aliphatic heterocycles. The van der Waals surface area contributed by atoms with Gasteiger partial charge in [-0.15, -0.1) is 0 Å². The molecule has 0 saturated heterocycles. The van der Waals surface area contributed by atoms with E-state index in [9.17, 15) is 4.79 Å². The summed E-state index contributed by atoms with van der Waals surface area (Å²) in [6.07, 6.45) is 0.399. The second-order valence-electron chi connectivity index (χ2n) is 4.86. The Morgan fingerprint density at radius 3 is 2.35 bits per heavy atom. The Balaban J connectivity index is 2.54. The van der Waals surface area contributed by atoms with Gasteiger partial charge < -0.3 is 10.5 Å². The van der Waals surface area contributed by atoms with Crippen LogP contribution in [0.25, 0.3) is 0 Å². The van der Waals surface area contributed by atoms with Crippen molar-refractivity contribution in [3.05, 3.63) is 29.8 Å². The Kier molecular flexibility index (Phi) is 4.52. The zero-order chi connectivity index (χ0) is 12.9. The molecule has 4 heteroatoms. The van der Waals surface area contributed by atoms with Crippen molar-refractivity contribution in [2.45, 2.75) is 32.8 Å². The quantitative estimate of drug-likeness (QED) is 0.847. The van der Waals surface area contributed by atoms with Gasteiger partial charge in [0, 0.05) is 5.69 Å². The Labute approximate surface area is 102 Å². The summed E-state index contributed by atoms with van der Waals surface area (Å²) in [4.78, 5) is 11.5. The van der Waals surface area contributed by atoms with Crippen LogP contribution in [0.2, 0.25) is 0 Å². The maximum Gasteiger partial charge on any atom is 0.412 e. The number of ether oxygens (including phenoxy) is 1. The summed E-state index contributed by atoms with van der Waals surface area (Å²) in [6, 6.07) is 7.57. The summed E-state index contributed by atoms with van der Waals surface area (Å²) in [7, 11) is 0. The molecule has 0 unspecified atom stereocenters. The summed E-state index contributed by atoms with van der Waals surface area (Å²) in [5.41, 5.74) is 6.85. The topological polar surface area (TPSA) is 64.3 Å². The fourth-order valence-corrected chi connectivity index (χ4v) is 1.34. The lowest BCUT2D eigenvalue weighted by atomic mass is 10.1. The summed E-state index contributed by atoms with van der Waals surface area (Å²) in [6.45, 7) is 6.11. The standard InChI is InChI=1S/C13H20N2O2/c1-13(2,3)17-12(16)15-11-6-4-10(5-7-11)8-9-14/h4-7H,8-9,14H2,1-3H3,(H,15,16). The SMILES string of the molecule is CC(C)(C)OC(=O)Nc1ccc(CCN)cc1. The molecule has 0 radical (unpaired) electrons. The molecule has 0 aliphatic rings. The third-order valence-electron chi connectivity index (χ3n) is 2.03. The van der Waals surface area contributed by atoms with Crippen LogP contribution in [0.4, 0.5) is 10.5 Å². The molecule has 0 fully saturated rings. The number of hydrogen-bond donors (Lipinski definition) is 2. The fraction of sp³-hybridized carbons (Fsp3) is 0.462. The van der Waals surface area contributed by atoms with Crippen molar-refractivity contribution in [3.8, 4) is 0 Å². The average molecular weight is 236 g/mol. The molecule has 0 saturated carbocycles. The maximum atomic E-state index is 11.5. The van der Waals surface area contributed by atoms with Gasteiger partial charge in [0.2, 0.25) is 0 Å². The van der Waals surface area contributed by atoms with Gasteiger partial charge in [-0.25, -0.2) is 4.79 Å². The monoisotopic (exact) mass is 236 g/mol. The molecular weight excluding hydrogens is 216 g/mol. The highest BCUT2D eigenvalue weighted by atomic mass is 16.6. The number of amides is 1. The lowest BCUT2D eigenvalue weighted by Gasteiger charge is -2.19. The Morgan fingerprint density at radius 1 is 1.29 bits per heavy atom. The van der Waals surface area contributed by atoms with E-state index in [2.05, 4.69) is 5.32 Å². The van der Waals surface area contributed by atoms with E-state index in [1.807, 2.05) is 45.0 Å². The van der Waals surface area contributed by atoms with Crippen LogP contribution in [-0.4, -0.2) is 18.2 Å². The first kappa shape index (κ1) is 13.5. The first-order chi connectivity index (χ1) is 7.90. The number of carbonyl (C=O) groups excluding carboxylic acids is 1. The van der Waals surface area contributed by atoms with E-state index in [1.54, 1.807) is 0 Å². The van der Waals surface area contributed by atoms with Crippen molar-refractivity contribution >= 4 is 11.8 Å². The van der Waals surface area contributed by atoms with Crippen LogP contribution < -0.4 is 11.1 Å². The second-order valence-corrected chi connectivity index (χ2v) is 4.86. The molecule has 3 N–H and O–H groups in total. The second kappa shape index (κ2) is 5.68. The van der Waals surface area contributed by atoms with Crippen molar-refractivity contribution in [2.24, 2.45) is 5.73 Å². The number of hydrogen-bond acceptors (Lipinski definition) is 3. The van der Waals surface area contributed by atoms with Gasteiger partial charge in [-0.1, -0.05) is 12.1 Å². The lowest BCUT2D eigenvalue weighted by molar-refractivity contribution is 0.0636. The number of rotatable bonds is 3. The minimum atomic E-state index is -0.483. The summed E-state index contributed by atoms with van der Waals surface area (Å²) >= 11 is 0. The number of anilines is 1. The van der Waals surface area contributed by atoms with Gasteiger partial charge in [0.25, 0.3) is 0 Å². The van der Waals surface area contributed by atoms with Gasteiger partial charge in [-0.2, -0.15) is 0 Å². The van der Waals surface area contributed by atoms with Crippen LogP contribution >= 0.6 is 0 Å². The molecule has 0 bridgehead atoms. The van der Waals surface area contributed by atoms with Gasteiger partial charge in [-0.05, 0) is 51.4 Å². The highest BCUT2D eigenvalue weighted by Crippen LogP contribution is 2.12. The first-order valence-corrected chi connectivity index (χ1v) is 5.70. The van der Waals surface area contributed by atoms with E-state index in [0.717, 1.165) is 17.7 Å². The Bertz CT molecular complexity index is 366. The number of nitrogens with one attached hydrogen (secondary N) is 1. The number of nitrogens with two attached hydrogens (primary N) is 1. The molecule has 0 spiro atoms. The Morgan fingerprint density at radius 2 is 1.88 bits per heavy atom. The Hall–Kier alpha value is -1.55. The average Bonchev–Trinajstić information content (AvgIpc) is 2.18. The van der Waals surface area contributed by atoms with Crippen molar-refractivity contribution in [2.75, 3.05) is 11.9 Å². The predicted molar refractivity (Wildman–Crippen MR) is 69.1 cm³/mol. The smallest absolute Gasteiger partial charge is 0.412 e. The summed E-state index contributed by atoms with van der Waals surface area (Å²) in [5, 5.41) is 2.68. The van der Waals surface area contributed by atoms with Gasteiger partial charge in [-0.3, -0.25) is 5.32 Å². The third-order valence-corrected chi connectivity index (χ3v) is 2.03. The molecule has 17 heavy (non-hydrogen) atoms. The largest absolute Gasteiger partial charge is 0.444 e. The van der Waals surface area contributed by atoms with Crippen molar-refractivity contribution in [3.63, 3.8) is 0 Å². The molecular formula is C13H20N2O2. The predicted octanol–water partition coefficient (Wildman–Crippen LogP) is 2.53. The van der Waals surface area contributed by atoms with Crippen molar-refractivity contribution in [1.82, 2.24) is 0 Å². The number of benzene rings is 1. The van der Waals surface area contributed by atoms with Crippen molar-refractivity contribution in [1.29, 1.82) is 0 Å². The molecule has 1 rings (SSSR count). The van der Waals surface area contributed by atoms with Crippen LogP contribution in [-0.2, 0) is 11.2 Å². The van der Waals surface area contributed by atoms with E-state index in [-0.39, 0.29) is 0 Å². The normalized spacial score (nSPS) is 11.1. The van der Waals surface area contributed by atoms with E-state index in [4.69, 9.17) is 10.5 Å². The van der Waals surface area contributed by atoms with E-state index >= 15 is 0 Å². The molecule has 4 nitrogen and oxygen atoms in total. The van der Waals surface area contributed by atoms with Crippen molar-refractivity contribution < 1.29 is 9.53 Å². The zero-order valence-electron chi connectivity index (χ0n) is 10.6. The maximum absolute atomic E-state index is 11.5. The zero-order valence-corrected chi connectivity index (χ0v) is 10.6. The third kappa shape index (κ3) is 5.36. The summed E-state index contributed by atoms with van der Waals surface area (Å²) < 4.78 is 5.15. The van der Waals surface area contributed by atoms with Gasteiger partial charge in [0.15, 0.2) is 0 Å². The van der Waals surface area contributed by atoms with Crippen LogP contribution in [0.1, 0.15) is 26.3 Å². The van der Waals surface area contributed by atoms with Crippen LogP contribution in [0.3, 0.4) is 0 Å². The van der Waals surface area contributed by atoms with Gasteiger partial charge in [0.1, 0.15) is 5.60 Å². The lowest BCUT2D eigenvalue weighted by Crippen LogP contribution is -2.27. The van der Waals surface area contributed by atoms with Gasteiger partial charge in [0.05, 0.1) is 0 Å².